The van der Waals surface area contributed by atoms with Gasteiger partial charge in [0.2, 0.25) is 11.8 Å². The second-order valence-corrected chi connectivity index (χ2v) is 12.6. The standard InChI is InChI=1S/C42H34N2O2/c45-39(35-27-41(35,29-15-5-1-6-16-29)30-17-7-2-8-18-30)43-37-25-13-24-34-33(37)23-14-26-38(34)44-40(46)36-28-42(36,31-19-9-3-10-20-31)32-21-11-4-12-22-32/h1-26,35-36H,27-28H2,(H,43,45)(H,44,46)/t35-,36-/m1/s1. The zero-order valence-electron chi connectivity index (χ0n) is 25.4. The highest BCUT2D eigenvalue weighted by Crippen LogP contribution is 2.60. The lowest BCUT2D eigenvalue weighted by Gasteiger charge is -2.20. The average molecular weight is 599 g/mol. The van der Waals surface area contributed by atoms with Gasteiger partial charge in [0.05, 0.1) is 11.8 Å². The van der Waals surface area contributed by atoms with E-state index in [1.807, 2.05) is 109 Å². The second-order valence-electron chi connectivity index (χ2n) is 12.6. The van der Waals surface area contributed by atoms with E-state index in [9.17, 15) is 9.59 Å². The number of hydrogen-bond acceptors (Lipinski definition) is 2. The first-order valence-corrected chi connectivity index (χ1v) is 16.0. The molecule has 2 atom stereocenters. The third-order valence-corrected chi connectivity index (χ3v) is 10.1. The molecule has 0 heterocycles. The molecule has 2 aliphatic rings. The third-order valence-electron chi connectivity index (χ3n) is 10.1. The summed E-state index contributed by atoms with van der Waals surface area (Å²) < 4.78 is 0. The number of hydrogen-bond donors (Lipinski definition) is 2. The summed E-state index contributed by atoms with van der Waals surface area (Å²) in [5.41, 5.74) is 5.44. The highest BCUT2D eigenvalue weighted by atomic mass is 16.2. The van der Waals surface area contributed by atoms with Crippen molar-refractivity contribution < 1.29 is 9.59 Å². The molecule has 2 aliphatic carbocycles. The van der Waals surface area contributed by atoms with Gasteiger partial charge in [-0.05, 0) is 47.2 Å². The van der Waals surface area contributed by atoms with Crippen LogP contribution in [0.4, 0.5) is 11.4 Å². The first kappa shape index (κ1) is 28.0. The van der Waals surface area contributed by atoms with Gasteiger partial charge in [-0.1, -0.05) is 146 Å². The molecule has 0 bridgehead atoms. The minimum Gasteiger partial charge on any atom is -0.325 e. The fourth-order valence-electron chi connectivity index (χ4n) is 7.68. The van der Waals surface area contributed by atoms with Gasteiger partial charge in [-0.2, -0.15) is 0 Å². The maximum absolute atomic E-state index is 13.9. The van der Waals surface area contributed by atoms with Gasteiger partial charge in [0.15, 0.2) is 0 Å². The zero-order valence-corrected chi connectivity index (χ0v) is 25.4. The summed E-state index contributed by atoms with van der Waals surface area (Å²) in [6.07, 6.45) is 1.51. The number of fused-ring (bicyclic) bond motifs is 1. The molecule has 6 aromatic rings. The average Bonchev–Trinajstić information content (AvgIpc) is 4.05. The second kappa shape index (κ2) is 11.1. The molecule has 2 N–H and O–H groups in total. The Morgan fingerprint density at radius 2 is 0.717 bits per heavy atom. The van der Waals surface area contributed by atoms with Gasteiger partial charge < -0.3 is 10.6 Å². The van der Waals surface area contributed by atoms with Crippen LogP contribution in [0.1, 0.15) is 35.1 Å². The molecule has 46 heavy (non-hydrogen) atoms. The maximum Gasteiger partial charge on any atom is 0.228 e. The Bertz CT molecular complexity index is 1810. The molecule has 2 fully saturated rings. The van der Waals surface area contributed by atoms with Gasteiger partial charge in [0.25, 0.3) is 0 Å². The lowest BCUT2D eigenvalue weighted by Crippen LogP contribution is -2.23. The fraction of sp³-hybridized carbons (Fsp3) is 0.143. The molecule has 0 spiro atoms. The fourth-order valence-corrected chi connectivity index (χ4v) is 7.68. The van der Waals surface area contributed by atoms with E-state index in [1.165, 1.54) is 0 Å². The molecule has 224 valence electrons. The Kier molecular flexibility index (Phi) is 6.79. The van der Waals surface area contributed by atoms with E-state index in [1.54, 1.807) is 0 Å². The van der Waals surface area contributed by atoms with E-state index in [2.05, 4.69) is 59.2 Å². The number of nitrogens with one attached hydrogen (secondary N) is 2. The number of benzene rings is 6. The monoisotopic (exact) mass is 598 g/mol. The molecule has 6 aromatic carbocycles. The smallest absolute Gasteiger partial charge is 0.228 e. The Hall–Kier alpha value is -5.48. The van der Waals surface area contributed by atoms with Crippen molar-refractivity contribution in [3.05, 3.63) is 180 Å². The summed E-state index contributed by atoms with van der Waals surface area (Å²) in [7, 11) is 0. The van der Waals surface area contributed by atoms with E-state index in [0.717, 1.165) is 57.2 Å². The van der Waals surface area contributed by atoms with Crippen molar-refractivity contribution in [2.24, 2.45) is 11.8 Å². The van der Waals surface area contributed by atoms with Crippen LogP contribution >= 0.6 is 0 Å². The molecule has 0 aromatic heterocycles. The number of anilines is 2. The van der Waals surface area contributed by atoms with Crippen LogP contribution in [0, 0.1) is 11.8 Å². The molecule has 8 rings (SSSR count). The normalized spacial score (nSPS) is 18.8. The number of carbonyl (C=O) groups is 2. The van der Waals surface area contributed by atoms with Gasteiger partial charge in [0, 0.05) is 33.0 Å². The van der Waals surface area contributed by atoms with Gasteiger partial charge in [-0.3, -0.25) is 9.59 Å². The Labute approximate surface area is 269 Å². The van der Waals surface area contributed by atoms with E-state index in [0.29, 0.717) is 0 Å². The van der Waals surface area contributed by atoms with E-state index < -0.39 is 0 Å². The van der Waals surface area contributed by atoms with Crippen LogP contribution in [0.2, 0.25) is 0 Å². The first-order valence-electron chi connectivity index (χ1n) is 16.0. The molecular formula is C42H34N2O2. The van der Waals surface area contributed by atoms with E-state index in [4.69, 9.17) is 0 Å². The molecule has 0 unspecified atom stereocenters. The van der Waals surface area contributed by atoms with Crippen LogP contribution in [-0.2, 0) is 20.4 Å². The van der Waals surface area contributed by atoms with Crippen LogP contribution < -0.4 is 10.6 Å². The van der Waals surface area contributed by atoms with Crippen LogP contribution in [0.5, 0.6) is 0 Å². The molecule has 0 aliphatic heterocycles. The van der Waals surface area contributed by atoms with Crippen LogP contribution in [0.15, 0.2) is 158 Å². The summed E-state index contributed by atoms with van der Waals surface area (Å²) in [5, 5.41) is 8.31. The molecule has 0 saturated heterocycles. The zero-order chi connectivity index (χ0) is 31.1. The van der Waals surface area contributed by atoms with Crippen molar-refractivity contribution in [2.45, 2.75) is 23.7 Å². The van der Waals surface area contributed by atoms with E-state index >= 15 is 0 Å². The van der Waals surface area contributed by atoms with E-state index in [-0.39, 0.29) is 34.5 Å². The van der Waals surface area contributed by atoms with Crippen molar-refractivity contribution in [3.8, 4) is 0 Å². The highest BCUT2D eigenvalue weighted by Gasteiger charge is 2.61. The molecule has 4 heteroatoms. The van der Waals surface area contributed by atoms with Crippen LogP contribution in [-0.4, -0.2) is 11.8 Å². The topological polar surface area (TPSA) is 58.2 Å². The highest BCUT2D eigenvalue weighted by molar-refractivity contribution is 6.10. The van der Waals surface area contributed by atoms with Crippen LogP contribution in [0.3, 0.4) is 0 Å². The van der Waals surface area contributed by atoms with Crippen molar-refractivity contribution in [1.29, 1.82) is 0 Å². The van der Waals surface area contributed by atoms with Gasteiger partial charge in [-0.15, -0.1) is 0 Å². The molecular weight excluding hydrogens is 564 g/mol. The number of carbonyl (C=O) groups excluding carboxylic acids is 2. The van der Waals surface area contributed by atoms with Crippen molar-refractivity contribution in [1.82, 2.24) is 0 Å². The largest absolute Gasteiger partial charge is 0.325 e. The molecule has 2 amide bonds. The maximum atomic E-state index is 13.9. The van der Waals surface area contributed by atoms with Crippen molar-refractivity contribution in [3.63, 3.8) is 0 Å². The SMILES string of the molecule is O=C(Nc1cccc2c(NC(=O)[C@H]3CC3(c3ccccc3)c3ccccc3)cccc12)[C@H]1CC1(c1ccccc1)c1ccccc1. The predicted molar refractivity (Wildman–Crippen MR) is 185 cm³/mol. The molecule has 2 saturated carbocycles. The summed E-state index contributed by atoms with van der Waals surface area (Å²) in [4.78, 5) is 27.8. The minimum absolute atomic E-state index is 0.00290. The lowest BCUT2D eigenvalue weighted by molar-refractivity contribution is -0.118. The number of rotatable bonds is 8. The molecule has 4 nitrogen and oxygen atoms in total. The third kappa shape index (κ3) is 4.60. The Morgan fingerprint density at radius 1 is 0.413 bits per heavy atom. The first-order chi connectivity index (χ1) is 22.6. The summed E-state index contributed by atoms with van der Waals surface area (Å²) in [5.74, 6) is -0.366. The van der Waals surface area contributed by atoms with Gasteiger partial charge >= 0.3 is 0 Å². The Morgan fingerprint density at radius 3 is 1.02 bits per heavy atom. The van der Waals surface area contributed by atoms with Gasteiger partial charge in [0.1, 0.15) is 0 Å². The minimum atomic E-state index is -0.343. The lowest BCUT2D eigenvalue weighted by atomic mass is 9.85. The Balaban J connectivity index is 1.06. The molecule has 0 radical (unpaired) electrons. The summed E-state index contributed by atoms with van der Waals surface area (Å²) in [6, 6.07) is 53.1. The van der Waals surface area contributed by atoms with Crippen molar-refractivity contribution >= 4 is 34.0 Å². The van der Waals surface area contributed by atoms with Crippen LogP contribution in [0.25, 0.3) is 10.8 Å². The van der Waals surface area contributed by atoms with Gasteiger partial charge in [-0.25, -0.2) is 0 Å². The quantitative estimate of drug-likeness (QED) is 0.184. The summed E-state index contributed by atoms with van der Waals surface area (Å²) in [6.45, 7) is 0. The number of amides is 2. The predicted octanol–water partition coefficient (Wildman–Crippen LogP) is 8.73. The van der Waals surface area contributed by atoms with Crippen molar-refractivity contribution in [2.75, 3.05) is 10.6 Å². The summed E-state index contributed by atoms with van der Waals surface area (Å²) >= 11 is 0.